The zero-order valence-corrected chi connectivity index (χ0v) is 22.3. The Morgan fingerprint density at radius 1 is 0.784 bits per heavy atom. The van der Waals surface area contributed by atoms with Gasteiger partial charge >= 0.3 is 0 Å². The zero-order valence-electron chi connectivity index (χ0n) is 20.7. The molecular weight excluding hydrogens is 524 g/mol. The van der Waals surface area contributed by atoms with Crippen LogP contribution in [0.5, 0.6) is 5.75 Å². The minimum Gasteiger partial charge on any atom is -0.488 e. The molecule has 0 radical (unpaired) electrons. The van der Waals surface area contributed by atoms with Crippen LogP contribution in [-0.2, 0) is 24.6 Å². The summed E-state index contributed by atoms with van der Waals surface area (Å²) in [6.45, 7) is 3.05. The van der Waals surface area contributed by atoms with Gasteiger partial charge < -0.3 is 14.4 Å². The second-order valence-electron chi connectivity index (χ2n) is 9.19. The van der Waals surface area contributed by atoms with Crippen molar-refractivity contribution in [1.82, 2.24) is 0 Å². The van der Waals surface area contributed by atoms with Gasteiger partial charge in [0.2, 0.25) is 0 Å². The normalized spacial score (nSPS) is 12.9. The van der Waals surface area contributed by atoms with Crippen LogP contribution in [0.1, 0.15) is 35.1 Å². The van der Waals surface area contributed by atoms with Gasteiger partial charge in [-0.15, -0.1) is 0 Å². The number of anilines is 1. The predicted molar refractivity (Wildman–Crippen MR) is 151 cm³/mol. The number of nitrogens with zero attached hydrogens (tertiary/aromatic N) is 2. The lowest BCUT2D eigenvalue weighted by molar-refractivity contribution is 0.104. The van der Waals surface area contributed by atoms with E-state index in [4.69, 9.17) is 9.47 Å². The van der Waals surface area contributed by atoms with Crippen LogP contribution in [0.3, 0.4) is 0 Å². The molecule has 0 N–H and O–H groups in total. The maximum atomic E-state index is 10.4. The Labute approximate surface area is 227 Å². The fraction of sp³-hybridized carbons (Fsp3) is 0.219. The highest BCUT2D eigenvalue weighted by molar-refractivity contribution is 9.10. The number of hydrogen-bond acceptors (Lipinski definition) is 4. The molecule has 0 amide bonds. The van der Waals surface area contributed by atoms with Crippen LogP contribution >= 0.6 is 15.9 Å². The molecule has 0 aliphatic carbocycles. The average Bonchev–Trinajstić information content (AvgIpc) is 3.48. The Morgan fingerprint density at radius 3 is 2.03 bits per heavy atom. The van der Waals surface area contributed by atoms with E-state index in [2.05, 4.69) is 57.2 Å². The van der Waals surface area contributed by atoms with Gasteiger partial charge in [-0.05, 0) is 47.7 Å². The van der Waals surface area contributed by atoms with E-state index in [0.29, 0.717) is 24.5 Å². The Kier molecular flexibility index (Phi) is 8.20. The van der Waals surface area contributed by atoms with Gasteiger partial charge in [-0.3, -0.25) is 0 Å². The molecule has 4 nitrogen and oxygen atoms in total. The Morgan fingerprint density at radius 2 is 1.41 bits per heavy atom. The number of ether oxygens (including phenoxy) is 2. The third kappa shape index (κ3) is 6.05. The fourth-order valence-corrected chi connectivity index (χ4v) is 5.02. The summed E-state index contributed by atoms with van der Waals surface area (Å²) >= 11 is 3.56. The summed E-state index contributed by atoms with van der Waals surface area (Å²) < 4.78 is 13.8. The van der Waals surface area contributed by atoms with Crippen LogP contribution in [0.2, 0.25) is 0 Å². The number of halogens is 1. The molecule has 1 saturated heterocycles. The van der Waals surface area contributed by atoms with Crippen molar-refractivity contribution >= 4 is 21.6 Å². The van der Waals surface area contributed by atoms with Gasteiger partial charge in [-0.1, -0.05) is 88.7 Å². The van der Waals surface area contributed by atoms with Gasteiger partial charge in [0.25, 0.3) is 0 Å². The molecule has 1 fully saturated rings. The van der Waals surface area contributed by atoms with Gasteiger partial charge in [0.15, 0.2) is 0 Å². The van der Waals surface area contributed by atoms with Gasteiger partial charge in [0.05, 0.1) is 24.5 Å². The molecule has 0 atom stereocenters. The number of benzene rings is 4. The molecule has 1 aliphatic heterocycles. The van der Waals surface area contributed by atoms with Crippen molar-refractivity contribution < 1.29 is 9.47 Å². The molecule has 1 heterocycles. The van der Waals surface area contributed by atoms with E-state index in [0.717, 1.165) is 63.9 Å². The molecule has 0 unspecified atom stereocenters. The second-order valence-corrected chi connectivity index (χ2v) is 10.1. The molecule has 0 saturated carbocycles. The quantitative estimate of drug-likeness (QED) is 0.212. The first-order valence-electron chi connectivity index (χ1n) is 12.6. The van der Waals surface area contributed by atoms with Crippen molar-refractivity contribution in [3.8, 4) is 22.9 Å². The minimum absolute atomic E-state index is 0.285. The first-order chi connectivity index (χ1) is 18.2. The van der Waals surface area contributed by atoms with Crippen molar-refractivity contribution in [2.24, 2.45) is 0 Å². The summed E-state index contributed by atoms with van der Waals surface area (Å²) in [6.07, 6.45) is 2.26. The molecule has 0 bridgehead atoms. The van der Waals surface area contributed by atoms with Crippen LogP contribution in [0.4, 0.5) is 5.69 Å². The van der Waals surface area contributed by atoms with E-state index in [1.165, 1.54) is 0 Å². The van der Waals surface area contributed by atoms with E-state index in [1.807, 2.05) is 60.7 Å². The van der Waals surface area contributed by atoms with Crippen LogP contribution in [0.25, 0.3) is 11.1 Å². The molecule has 37 heavy (non-hydrogen) atoms. The highest BCUT2D eigenvalue weighted by atomic mass is 79.9. The molecule has 4 aromatic carbocycles. The SMILES string of the molecule is N#Cc1c(N2CCCC2)cc(-c2ccc(Br)cc2)c(OCc2ccccc2)c1COCc1ccccc1. The Balaban J connectivity index is 1.60. The Bertz CT molecular complexity index is 1360. The summed E-state index contributed by atoms with van der Waals surface area (Å²) in [6, 6.07) is 33.1. The second kappa shape index (κ2) is 12.1. The molecule has 5 rings (SSSR count). The first-order valence-corrected chi connectivity index (χ1v) is 13.4. The van der Waals surface area contributed by atoms with Gasteiger partial charge in [-0.25, -0.2) is 0 Å². The van der Waals surface area contributed by atoms with E-state index in [9.17, 15) is 5.26 Å². The monoisotopic (exact) mass is 552 g/mol. The standard InChI is InChI=1S/C32H29BrN2O2/c33-27-15-13-26(14-16-27)28-19-31(35-17-7-8-18-35)29(20-34)30(23-36-21-24-9-3-1-4-10-24)32(28)37-22-25-11-5-2-6-12-25/h1-6,9-16,19H,7-8,17-18,21-23H2. The molecule has 5 heteroatoms. The Hall–Kier alpha value is -3.59. The van der Waals surface area contributed by atoms with Crippen LogP contribution in [0.15, 0.2) is 95.5 Å². The van der Waals surface area contributed by atoms with Crippen molar-refractivity contribution in [3.05, 3.63) is 118 Å². The number of rotatable bonds is 9. The van der Waals surface area contributed by atoms with Gasteiger partial charge in [0.1, 0.15) is 18.4 Å². The van der Waals surface area contributed by atoms with Crippen molar-refractivity contribution in [1.29, 1.82) is 5.26 Å². The third-order valence-electron chi connectivity index (χ3n) is 6.66. The zero-order chi connectivity index (χ0) is 25.5. The van der Waals surface area contributed by atoms with Crippen molar-refractivity contribution in [2.75, 3.05) is 18.0 Å². The third-order valence-corrected chi connectivity index (χ3v) is 7.18. The van der Waals surface area contributed by atoms with Gasteiger partial charge in [0, 0.05) is 28.7 Å². The predicted octanol–water partition coefficient (Wildman–Crippen LogP) is 7.88. The molecule has 4 aromatic rings. The van der Waals surface area contributed by atoms with E-state index >= 15 is 0 Å². The summed E-state index contributed by atoms with van der Waals surface area (Å²) in [4.78, 5) is 2.32. The topological polar surface area (TPSA) is 45.5 Å². The number of hydrogen-bond donors (Lipinski definition) is 0. The smallest absolute Gasteiger partial charge is 0.134 e. The molecular formula is C32H29BrN2O2. The molecule has 186 valence electrons. The van der Waals surface area contributed by atoms with E-state index in [-0.39, 0.29) is 6.61 Å². The molecule has 0 spiro atoms. The minimum atomic E-state index is 0.285. The summed E-state index contributed by atoms with van der Waals surface area (Å²) in [5, 5.41) is 10.4. The summed E-state index contributed by atoms with van der Waals surface area (Å²) in [5.41, 5.74) is 6.58. The van der Waals surface area contributed by atoms with Gasteiger partial charge in [-0.2, -0.15) is 5.26 Å². The molecule has 0 aromatic heterocycles. The lowest BCUT2D eigenvalue weighted by atomic mass is 9.95. The fourth-order valence-electron chi connectivity index (χ4n) is 4.76. The van der Waals surface area contributed by atoms with Crippen molar-refractivity contribution in [3.63, 3.8) is 0 Å². The highest BCUT2D eigenvalue weighted by Crippen LogP contribution is 2.42. The maximum absolute atomic E-state index is 10.4. The van der Waals surface area contributed by atoms with Crippen LogP contribution < -0.4 is 9.64 Å². The summed E-state index contributed by atoms with van der Waals surface area (Å²) in [7, 11) is 0. The van der Waals surface area contributed by atoms with Crippen molar-refractivity contribution in [2.45, 2.75) is 32.7 Å². The lowest BCUT2D eigenvalue weighted by Crippen LogP contribution is -2.20. The van der Waals surface area contributed by atoms with E-state index < -0.39 is 0 Å². The average molecular weight is 554 g/mol. The summed E-state index contributed by atoms with van der Waals surface area (Å²) in [5.74, 6) is 0.707. The first kappa shape index (κ1) is 25.1. The van der Waals surface area contributed by atoms with Crippen LogP contribution in [0, 0.1) is 11.3 Å². The maximum Gasteiger partial charge on any atom is 0.134 e. The van der Waals surface area contributed by atoms with Crippen LogP contribution in [-0.4, -0.2) is 13.1 Å². The number of nitriles is 1. The highest BCUT2D eigenvalue weighted by Gasteiger charge is 2.25. The van der Waals surface area contributed by atoms with E-state index in [1.54, 1.807) is 0 Å². The lowest BCUT2D eigenvalue weighted by Gasteiger charge is -2.25. The largest absolute Gasteiger partial charge is 0.488 e. The molecule has 1 aliphatic rings.